The summed E-state index contributed by atoms with van der Waals surface area (Å²) in [5.74, 6) is 0.874. The molecule has 2 heterocycles. The van der Waals surface area contributed by atoms with E-state index in [1.54, 1.807) is 0 Å². The van der Waals surface area contributed by atoms with Gasteiger partial charge in [0.25, 0.3) is 0 Å². The lowest BCUT2D eigenvalue weighted by Crippen LogP contribution is -2.08. The second-order valence-corrected chi connectivity index (χ2v) is 5.54. The molecule has 5 nitrogen and oxygen atoms in total. The van der Waals surface area contributed by atoms with Gasteiger partial charge in [-0.25, -0.2) is 4.98 Å². The van der Waals surface area contributed by atoms with Crippen LogP contribution in [0.4, 0.5) is 19.0 Å². The molecule has 132 valence electrons. The van der Waals surface area contributed by atoms with Crippen LogP contribution in [0.1, 0.15) is 23.7 Å². The lowest BCUT2D eigenvalue weighted by atomic mass is 10.1. The van der Waals surface area contributed by atoms with E-state index in [9.17, 15) is 13.2 Å². The number of nitrogens with zero attached hydrogens (tertiary/aromatic N) is 2. The van der Waals surface area contributed by atoms with E-state index in [4.69, 9.17) is 4.74 Å². The number of aromatic nitrogens is 3. The van der Waals surface area contributed by atoms with Crippen molar-refractivity contribution < 1.29 is 17.9 Å². The molecule has 3 rings (SSSR count). The predicted octanol–water partition coefficient (Wildman–Crippen LogP) is 4.30. The zero-order valence-electron chi connectivity index (χ0n) is 13.7. The van der Waals surface area contributed by atoms with Crippen molar-refractivity contribution in [3.63, 3.8) is 0 Å². The highest BCUT2D eigenvalue weighted by atomic mass is 19.4. The first kappa shape index (κ1) is 17.1. The predicted molar refractivity (Wildman–Crippen MR) is 88.6 cm³/mol. The van der Waals surface area contributed by atoms with Crippen molar-refractivity contribution in [2.75, 3.05) is 11.9 Å². The van der Waals surface area contributed by atoms with Gasteiger partial charge in [-0.15, -0.1) is 0 Å². The molecule has 0 radical (unpaired) electrons. The van der Waals surface area contributed by atoms with Gasteiger partial charge in [0.1, 0.15) is 5.75 Å². The van der Waals surface area contributed by atoms with Crippen molar-refractivity contribution in [1.82, 2.24) is 15.2 Å². The van der Waals surface area contributed by atoms with E-state index < -0.39 is 11.7 Å². The highest BCUT2D eigenvalue weighted by molar-refractivity contribution is 5.91. The number of H-pyrrole nitrogens is 1. The maximum absolute atomic E-state index is 13.3. The van der Waals surface area contributed by atoms with Gasteiger partial charge in [0.15, 0.2) is 11.5 Å². The second kappa shape index (κ2) is 6.62. The molecule has 0 unspecified atom stereocenters. The van der Waals surface area contributed by atoms with Crippen molar-refractivity contribution in [2.24, 2.45) is 0 Å². The summed E-state index contributed by atoms with van der Waals surface area (Å²) in [6.45, 7) is 4.32. The largest absolute Gasteiger partial charge is 0.494 e. The van der Waals surface area contributed by atoms with Crippen molar-refractivity contribution in [3.05, 3.63) is 47.2 Å². The maximum Gasteiger partial charge on any atom is 0.417 e. The van der Waals surface area contributed by atoms with Crippen LogP contribution in [0.2, 0.25) is 0 Å². The molecule has 0 spiro atoms. The second-order valence-electron chi connectivity index (χ2n) is 5.54. The van der Waals surface area contributed by atoms with Crippen LogP contribution < -0.4 is 10.1 Å². The number of anilines is 1. The van der Waals surface area contributed by atoms with Crippen LogP contribution in [-0.2, 0) is 12.7 Å². The summed E-state index contributed by atoms with van der Waals surface area (Å²) in [6, 6.07) is 8.35. The third-order valence-corrected chi connectivity index (χ3v) is 3.66. The van der Waals surface area contributed by atoms with Gasteiger partial charge in [0, 0.05) is 12.2 Å². The number of benzene rings is 1. The average molecular weight is 350 g/mol. The van der Waals surface area contributed by atoms with Gasteiger partial charge in [0.2, 0.25) is 0 Å². The van der Waals surface area contributed by atoms with E-state index in [1.807, 2.05) is 31.2 Å². The maximum atomic E-state index is 13.3. The molecule has 0 saturated carbocycles. The number of aromatic amines is 1. The minimum absolute atomic E-state index is 0.0518. The van der Waals surface area contributed by atoms with E-state index in [0.717, 1.165) is 17.4 Å². The fourth-order valence-corrected chi connectivity index (χ4v) is 2.57. The molecular formula is C17H17F3N4O. The first-order valence-corrected chi connectivity index (χ1v) is 7.77. The normalized spacial score (nSPS) is 11.7. The number of halogens is 3. The number of aryl methyl sites for hydroxylation is 1. The fourth-order valence-electron chi connectivity index (χ4n) is 2.57. The van der Waals surface area contributed by atoms with Crippen molar-refractivity contribution in [2.45, 2.75) is 26.6 Å². The van der Waals surface area contributed by atoms with Crippen LogP contribution >= 0.6 is 0 Å². The van der Waals surface area contributed by atoms with Crippen LogP contribution in [0.5, 0.6) is 5.75 Å². The minimum atomic E-state index is -4.48. The number of hydrogen-bond acceptors (Lipinski definition) is 4. The highest BCUT2D eigenvalue weighted by Crippen LogP contribution is 2.37. The van der Waals surface area contributed by atoms with Crippen molar-refractivity contribution in [1.29, 1.82) is 0 Å². The third kappa shape index (κ3) is 3.67. The molecule has 2 N–H and O–H groups in total. The lowest BCUT2D eigenvalue weighted by molar-refractivity contribution is -0.136. The number of hydrogen-bond donors (Lipinski definition) is 2. The summed E-state index contributed by atoms with van der Waals surface area (Å²) < 4.78 is 45.3. The summed E-state index contributed by atoms with van der Waals surface area (Å²) >= 11 is 0. The smallest absolute Gasteiger partial charge is 0.417 e. The Kier molecular flexibility index (Phi) is 4.52. The van der Waals surface area contributed by atoms with Crippen LogP contribution in [0.25, 0.3) is 11.0 Å². The standard InChI is InChI=1S/C17H17F3N4O/c1-3-25-12-6-4-11(5-7-12)9-21-15-14-13(17(18,19)20)8-10(2)22-16(14)24-23-15/h4-8H,3,9H2,1-2H3,(H2,21,22,23,24). The van der Waals surface area contributed by atoms with Gasteiger partial charge in [-0.2, -0.15) is 18.3 Å². The molecule has 0 aliphatic rings. The van der Waals surface area contributed by atoms with Crippen LogP contribution in [0, 0.1) is 6.92 Å². The first-order valence-electron chi connectivity index (χ1n) is 7.77. The van der Waals surface area contributed by atoms with Gasteiger partial charge in [0.05, 0.1) is 17.6 Å². The number of nitrogens with one attached hydrogen (secondary N) is 2. The Hall–Kier alpha value is -2.77. The molecule has 2 aromatic heterocycles. The summed E-state index contributed by atoms with van der Waals surface area (Å²) in [5.41, 5.74) is 0.536. The van der Waals surface area contributed by atoms with Crippen LogP contribution in [0.15, 0.2) is 30.3 Å². The highest BCUT2D eigenvalue weighted by Gasteiger charge is 2.35. The Labute approximate surface area is 142 Å². The van der Waals surface area contributed by atoms with Crippen LogP contribution in [-0.4, -0.2) is 21.8 Å². The number of alkyl halides is 3. The third-order valence-electron chi connectivity index (χ3n) is 3.66. The SMILES string of the molecule is CCOc1ccc(CNc2n[nH]c3nc(C)cc(C(F)(F)F)c23)cc1. The molecule has 0 aliphatic carbocycles. The molecule has 25 heavy (non-hydrogen) atoms. The quantitative estimate of drug-likeness (QED) is 0.720. The van der Waals surface area contributed by atoms with E-state index in [0.29, 0.717) is 13.2 Å². The Morgan fingerprint density at radius 1 is 1.20 bits per heavy atom. The van der Waals surface area contributed by atoms with E-state index in [2.05, 4.69) is 20.5 Å². The molecule has 0 fully saturated rings. The number of pyridine rings is 1. The molecule has 0 amide bonds. The van der Waals surface area contributed by atoms with E-state index >= 15 is 0 Å². The topological polar surface area (TPSA) is 62.8 Å². The molecule has 3 aromatic rings. The molecule has 0 atom stereocenters. The monoisotopic (exact) mass is 350 g/mol. The molecule has 0 bridgehead atoms. The van der Waals surface area contributed by atoms with Crippen molar-refractivity contribution >= 4 is 16.9 Å². The van der Waals surface area contributed by atoms with Crippen molar-refractivity contribution in [3.8, 4) is 5.75 Å². The molecule has 8 heteroatoms. The number of ether oxygens (including phenoxy) is 1. The molecule has 1 aromatic carbocycles. The lowest BCUT2D eigenvalue weighted by Gasteiger charge is -2.11. The number of fused-ring (bicyclic) bond motifs is 1. The summed E-state index contributed by atoms with van der Waals surface area (Å²) in [7, 11) is 0. The van der Waals surface area contributed by atoms with Gasteiger partial charge in [-0.05, 0) is 37.6 Å². The Bertz CT molecular complexity index is 872. The van der Waals surface area contributed by atoms with E-state index in [-0.39, 0.29) is 22.5 Å². The van der Waals surface area contributed by atoms with Crippen LogP contribution in [0.3, 0.4) is 0 Å². The van der Waals surface area contributed by atoms with E-state index in [1.165, 1.54) is 6.92 Å². The van der Waals surface area contributed by atoms with Gasteiger partial charge >= 0.3 is 6.18 Å². The zero-order chi connectivity index (χ0) is 18.0. The summed E-state index contributed by atoms with van der Waals surface area (Å²) in [4.78, 5) is 4.08. The number of rotatable bonds is 5. The Morgan fingerprint density at radius 3 is 2.56 bits per heavy atom. The molecular weight excluding hydrogens is 333 g/mol. The summed E-state index contributed by atoms with van der Waals surface area (Å²) in [6.07, 6.45) is -4.48. The summed E-state index contributed by atoms with van der Waals surface area (Å²) in [5, 5.41) is 9.40. The molecule has 0 saturated heterocycles. The van der Waals surface area contributed by atoms with Gasteiger partial charge in [-0.3, -0.25) is 5.10 Å². The average Bonchev–Trinajstić information content (AvgIpc) is 2.95. The Balaban J connectivity index is 1.87. The van der Waals surface area contributed by atoms with Gasteiger partial charge < -0.3 is 10.1 Å². The zero-order valence-corrected chi connectivity index (χ0v) is 13.7. The fraction of sp³-hybridized carbons (Fsp3) is 0.294. The van der Waals surface area contributed by atoms with Gasteiger partial charge in [-0.1, -0.05) is 12.1 Å². The Morgan fingerprint density at radius 2 is 1.92 bits per heavy atom. The first-order chi connectivity index (χ1) is 11.9. The molecule has 0 aliphatic heterocycles. The minimum Gasteiger partial charge on any atom is -0.494 e.